The lowest BCUT2D eigenvalue weighted by molar-refractivity contribution is 0.0497. The zero-order chi connectivity index (χ0) is 27.0. The summed E-state index contributed by atoms with van der Waals surface area (Å²) in [5, 5.41) is 10.9. The molecule has 204 valence electrons. The van der Waals surface area contributed by atoms with Gasteiger partial charge < -0.3 is 14.3 Å². The molecular formula is C32H41NO5. The summed E-state index contributed by atoms with van der Waals surface area (Å²) in [7, 11) is 0. The van der Waals surface area contributed by atoms with Crippen LogP contribution in [0.3, 0.4) is 0 Å². The van der Waals surface area contributed by atoms with Crippen LogP contribution in [0, 0.1) is 0 Å². The second-order valence-electron chi connectivity index (χ2n) is 9.83. The molecular weight excluding hydrogens is 478 g/mol. The summed E-state index contributed by atoms with van der Waals surface area (Å²) in [6, 6.07) is 13.4. The Labute approximate surface area is 225 Å². The van der Waals surface area contributed by atoms with Crippen LogP contribution in [0.5, 0.6) is 5.75 Å². The van der Waals surface area contributed by atoms with Gasteiger partial charge in [-0.05, 0) is 42.8 Å². The van der Waals surface area contributed by atoms with E-state index < -0.39 is 5.63 Å². The van der Waals surface area contributed by atoms with Crippen molar-refractivity contribution in [2.24, 2.45) is 4.99 Å². The van der Waals surface area contributed by atoms with Crippen LogP contribution in [0.15, 0.2) is 62.7 Å². The molecule has 3 rings (SSSR count). The first-order chi connectivity index (χ1) is 18.6. The lowest BCUT2D eigenvalue weighted by Gasteiger charge is -2.06. The molecule has 0 saturated heterocycles. The predicted molar refractivity (Wildman–Crippen MR) is 154 cm³/mol. The molecule has 3 aromatic rings. The van der Waals surface area contributed by atoms with E-state index in [2.05, 4.69) is 11.9 Å². The molecule has 0 atom stereocenters. The normalized spacial score (nSPS) is 11.4. The molecule has 1 aromatic heterocycles. The third kappa shape index (κ3) is 9.47. The van der Waals surface area contributed by atoms with E-state index in [1.54, 1.807) is 48.5 Å². The van der Waals surface area contributed by atoms with Gasteiger partial charge in [0, 0.05) is 6.21 Å². The van der Waals surface area contributed by atoms with Crippen molar-refractivity contribution in [2.75, 3.05) is 6.61 Å². The topological polar surface area (TPSA) is 89.1 Å². The third-order valence-electron chi connectivity index (χ3n) is 6.75. The molecule has 0 saturated carbocycles. The van der Waals surface area contributed by atoms with E-state index in [1.165, 1.54) is 76.8 Å². The number of carbonyl (C=O) groups is 1. The second kappa shape index (κ2) is 16.4. The lowest BCUT2D eigenvalue weighted by atomic mass is 10.0. The molecule has 0 aliphatic heterocycles. The molecule has 0 radical (unpaired) electrons. The van der Waals surface area contributed by atoms with Crippen molar-refractivity contribution >= 4 is 28.8 Å². The van der Waals surface area contributed by atoms with Gasteiger partial charge in [0.2, 0.25) is 0 Å². The van der Waals surface area contributed by atoms with Crippen LogP contribution >= 0.6 is 0 Å². The number of unbranched alkanes of at least 4 members (excludes halogenated alkanes) is 12. The summed E-state index contributed by atoms with van der Waals surface area (Å²) in [5.41, 5.74) is 0.605. The lowest BCUT2D eigenvalue weighted by Crippen LogP contribution is -2.07. The molecule has 2 aromatic carbocycles. The van der Waals surface area contributed by atoms with E-state index in [0.717, 1.165) is 12.8 Å². The van der Waals surface area contributed by atoms with Gasteiger partial charge in [0.25, 0.3) is 0 Å². The average Bonchev–Trinajstić information content (AvgIpc) is 2.93. The number of carbonyl (C=O) groups excluding carboxylic acids is 1. The number of hydrogen-bond acceptors (Lipinski definition) is 6. The molecule has 0 aliphatic carbocycles. The minimum absolute atomic E-state index is 0.0232. The summed E-state index contributed by atoms with van der Waals surface area (Å²) < 4.78 is 10.7. The van der Waals surface area contributed by atoms with Crippen LogP contribution < -0.4 is 5.63 Å². The minimum atomic E-state index is -0.668. The second-order valence-corrected chi connectivity index (χ2v) is 9.83. The molecule has 0 fully saturated rings. The van der Waals surface area contributed by atoms with E-state index in [4.69, 9.17) is 9.15 Å². The van der Waals surface area contributed by atoms with Crippen molar-refractivity contribution in [3.05, 3.63) is 70.1 Å². The zero-order valence-corrected chi connectivity index (χ0v) is 22.6. The Bertz CT molecular complexity index is 1210. The molecule has 0 spiro atoms. The molecule has 0 unspecified atom stereocenters. The highest BCUT2D eigenvalue weighted by molar-refractivity contribution is 5.94. The van der Waals surface area contributed by atoms with E-state index in [1.807, 2.05) is 0 Å². The molecule has 1 N–H and O–H groups in total. The smallest absolute Gasteiger partial charge is 0.348 e. The summed E-state index contributed by atoms with van der Waals surface area (Å²) in [4.78, 5) is 28.8. The number of ether oxygens (including phenoxy) is 1. The van der Waals surface area contributed by atoms with Crippen molar-refractivity contribution in [1.82, 2.24) is 0 Å². The average molecular weight is 520 g/mol. The van der Waals surface area contributed by atoms with Crippen LogP contribution in [0.1, 0.15) is 106 Å². The van der Waals surface area contributed by atoms with E-state index in [9.17, 15) is 14.7 Å². The number of benzene rings is 2. The molecule has 6 heteroatoms. The van der Waals surface area contributed by atoms with Crippen LogP contribution in [0.25, 0.3) is 11.0 Å². The van der Waals surface area contributed by atoms with Crippen LogP contribution in [0.2, 0.25) is 0 Å². The number of aromatic hydroxyl groups is 1. The highest BCUT2D eigenvalue weighted by Gasteiger charge is 2.12. The summed E-state index contributed by atoms with van der Waals surface area (Å²) >= 11 is 0. The number of nitrogens with zero attached hydrogens (tertiary/aromatic N) is 1. The molecule has 0 aliphatic rings. The molecule has 0 bridgehead atoms. The SMILES string of the molecule is CCCCCCCCCCCCCCCOC(=O)c1ccc(N=Cc2c(O)c3ccccc3oc2=O)cc1. The van der Waals surface area contributed by atoms with Gasteiger partial charge in [0.1, 0.15) is 16.9 Å². The first-order valence-electron chi connectivity index (χ1n) is 14.2. The van der Waals surface area contributed by atoms with E-state index in [0.29, 0.717) is 28.8 Å². The summed E-state index contributed by atoms with van der Waals surface area (Å²) in [5.74, 6) is -0.527. The fourth-order valence-corrected chi connectivity index (χ4v) is 4.45. The first kappa shape index (κ1) is 29.2. The highest BCUT2D eigenvalue weighted by Crippen LogP contribution is 2.25. The first-order valence-corrected chi connectivity index (χ1v) is 14.2. The van der Waals surface area contributed by atoms with Crippen LogP contribution in [-0.2, 0) is 4.74 Å². The largest absolute Gasteiger partial charge is 0.506 e. The molecule has 6 nitrogen and oxygen atoms in total. The van der Waals surface area contributed by atoms with Crippen molar-refractivity contribution < 1.29 is 19.1 Å². The molecule has 38 heavy (non-hydrogen) atoms. The maximum Gasteiger partial charge on any atom is 0.348 e. The standard InChI is InChI=1S/C32H41NO5/c1-2-3-4-5-6-7-8-9-10-11-12-13-16-23-37-31(35)25-19-21-26(22-20-25)33-24-28-30(34)27-17-14-15-18-29(27)38-32(28)36/h14-15,17-22,24,34H,2-13,16,23H2,1H3. The van der Waals surface area contributed by atoms with Gasteiger partial charge in [-0.2, -0.15) is 0 Å². The van der Waals surface area contributed by atoms with Gasteiger partial charge in [-0.1, -0.05) is 96.1 Å². The van der Waals surface area contributed by atoms with Gasteiger partial charge in [-0.3, -0.25) is 4.99 Å². The number of para-hydroxylation sites is 1. The van der Waals surface area contributed by atoms with Crippen molar-refractivity contribution in [2.45, 2.75) is 90.4 Å². The number of fused-ring (bicyclic) bond motifs is 1. The van der Waals surface area contributed by atoms with Crippen molar-refractivity contribution in [1.29, 1.82) is 0 Å². The maximum atomic E-state index is 12.3. The number of aliphatic imine (C=N–C) groups is 1. The van der Waals surface area contributed by atoms with E-state index >= 15 is 0 Å². The Kier molecular flexibility index (Phi) is 12.6. The Morgan fingerprint density at radius 1 is 0.842 bits per heavy atom. The predicted octanol–water partition coefficient (Wildman–Crippen LogP) is 8.50. The van der Waals surface area contributed by atoms with Crippen molar-refractivity contribution in [3.63, 3.8) is 0 Å². The van der Waals surface area contributed by atoms with Gasteiger partial charge in [0.15, 0.2) is 0 Å². The molecule has 0 amide bonds. The van der Waals surface area contributed by atoms with E-state index in [-0.39, 0.29) is 17.3 Å². The van der Waals surface area contributed by atoms with Gasteiger partial charge in [-0.15, -0.1) is 0 Å². The number of rotatable bonds is 17. The Balaban J connectivity index is 1.32. The number of hydrogen-bond donors (Lipinski definition) is 1. The summed E-state index contributed by atoms with van der Waals surface area (Å²) in [6.07, 6.45) is 17.9. The Hall–Kier alpha value is -3.41. The zero-order valence-electron chi connectivity index (χ0n) is 22.6. The molecule has 1 heterocycles. The van der Waals surface area contributed by atoms with Gasteiger partial charge in [-0.25, -0.2) is 9.59 Å². The third-order valence-corrected chi connectivity index (χ3v) is 6.75. The highest BCUT2D eigenvalue weighted by atomic mass is 16.5. The minimum Gasteiger partial charge on any atom is -0.506 e. The van der Waals surface area contributed by atoms with Gasteiger partial charge >= 0.3 is 11.6 Å². The Morgan fingerprint density at radius 2 is 1.42 bits per heavy atom. The Morgan fingerprint density at radius 3 is 2.05 bits per heavy atom. The van der Waals surface area contributed by atoms with Crippen molar-refractivity contribution in [3.8, 4) is 5.75 Å². The summed E-state index contributed by atoms with van der Waals surface area (Å²) in [6.45, 7) is 2.68. The monoisotopic (exact) mass is 519 g/mol. The number of esters is 1. The quantitative estimate of drug-likeness (QED) is 0.0836. The maximum absolute atomic E-state index is 12.3. The van der Waals surface area contributed by atoms with Crippen LogP contribution in [0.4, 0.5) is 5.69 Å². The fraction of sp³-hybridized carbons (Fsp3) is 0.469. The fourth-order valence-electron chi connectivity index (χ4n) is 4.45. The van der Waals surface area contributed by atoms with Crippen LogP contribution in [-0.4, -0.2) is 23.9 Å². The van der Waals surface area contributed by atoms with Gasteiger partial charge in [0.05, 0.1) is 23.2 Å².